The second-order valence-electron chi connectivity index (χ2n) is 3.85. The quantitative estimate of drug-likeness (QED) is 0.788. The Hall–Kier alpha value is -1.36. The van der Waals surface area contributed by atoms with Crippen molar-refractivity contribution in [1.82, 2.24) is 10.2 Å². The predicted octanol–water partition coefficient (Wildman–Crippen LogP) is 3.46. The molecule has 0 saturated heterocycles. The summed E-state index contributed by atoms with van der Waals surface area (Å²) in [5.74, 6) is 0. The molecule has 0 heterocycles. The van der Waals surface area contributed by atoms with Crippen LogP contribution in [0, 0.1) is 0 Å². The molecule has 3 nitrogen and oxygen atoms in total. The van der Waals surface area contributed by atoms with Crippen molar-refractivity contribution in [3.05, 3.63) is 0 Å². The topological polar surface area (TPSA) is 32.3 Å². The first-order valence-corrected chi connectivity index (χ1v) is 5.43. The van der Waals surface area contributed by atoms with E-state index in [0.717, 1.165) is 0 Å². The number of carbonyl (C=O) groups excluding carboxylic acids is 1. The number of hydrogen-bond donors (Lipinski definition) is 1. The highest BCUT2D eigenvalue weighted by Crippen LogP contribution is 2.52. The van der Waals surface area contributed by atoms with Crippen LogP contribution in [0.25, 0.3) is 0 Å². The van der Waals surface area contributed by atoms with Crippen LogP contribution in [-0.4, -0.2) is 48.1 Å². The molecule has 126 valence electrons. The van der Waals surface area contributed by atoms with Crippen molar-refractivity contribution in [2.75, 3.05) is 13.1 Å². The second kappa shape index (κ2) is 5.79. The molecule has 1 N–H and O–H groups in total. The van der Waals surface area contributed by atoms with Gasteiger partial charge in [-0.2, -0.15) is 39.5 Å². The molecule has 0 aromatic heterocycles. The van der Waals surface area contributed by atoms with Gasteiger partial charge in [-0.15, -0.1) is 0 Å². The average Bonchev–Trinajstić information content (AvgIpc) is 2.22. The molecule has 0 aliphatic rings. The van der Waals surface area contributed by atoms with Gasteiger partial charge in [0.1, 0.15) is 0 Å². The molecule has 0 radical (unpaired) electrons. The fourth-order valence-electron chi connectivity index (χ4n) is 1.45. The van der Waals surface area contributed by atoms with Crippen molar-refractivity contribution in [3.8, 4) is 0 Å². The van der Waals surface area contributed by atoms with Gasteiger partial charge < -0.3 is 10.2 Å². The molecule has 0 atom stereocenters. The zero-order chi connectivity index (χ0) is 17.3. The van der Waals surface area contributed by atoms with Crippen LogP contribution in [0.3, 0.4) is 0 Å². The van der Waals surface area contributed by atoms with Gasteiger partial charge in [0.15, 0.2) is 0 Å². The van der Waals surface area contributed by atoms with E-state index in [1.54, 1.807) is 0 Å². The summed E-state index contributed by atoms with van der Waals surface area (Å²) in [6.45, 7) is 1.62. The van der Waals surface area contributed by atoms with Gasteiger partial charge in [0.2, 0.25) is 0 Å². The van der Waals surface area contributed by atoms with E-state index in [2.05, 4.69) is 0 Å². The molecular formula is C9H11F9N2O. The number of nitrogens with one attached hydrogen (secondary N) is 1. The summed E-state index contributed by atoms with van der Waals surface area (Å²) < 4.78 is 113. The van der Waals surface area contributed by atoms with Gasteiger partial charge >= 0.3 is 30.1 Å². The lowest BCUT2D eigenvalue weighted by Gasteiger charge is -2.39. The number of urea groups is 1. The molecule has 12 heteroatoms. The van der Waals surface area contributed by atoms with Gasteiger partial charge in [-0.1, -0.05) is 0 Å². The number of hydrogen-bond acceptors (Lipinski definition) is 1. The minimum absolute atomic E-state index is 0.0643. The highest BCUT2D eigenvalue weighted by atomic mass is 19.4. The molecule has 0 aliphatic carbocycles. The summed E-state index contributed by atoms with van der Waals surface area (Å²) in [6.07, 6.45) is -20.4. The number of amides is 2. The number of rotatable bonds is 3. The maximum atomic E-state index is 12.5. The number of nitrogens with zero attached hydrogens (tertiary/aromatic N) is 1. The normalized spacial score (nSPS) is 14.0. The van der Waals surface area contributed by atoms with Crippen molar-refractivity contribution < 1.29 is 44.3 Å². The number of carbonyl (C=O) groups is 1. The van der Waals surface area contributed by atoms with Crippen molar-refractivity contribution in [1.29, 1.82) is 0 Å². The summed E-state index contributed by atoms with van der Waals surface area (Å²) in [6, 6.07) is -2.12. The molecule has 2 amide bonds. The van der Waals surface area contributed by atoms with Gasteiger partial charge in [0.25, 0.3) is 0 Å². The Labute approximate surface area is 113 Å². The van der Waals surface area contributed by atoms with Crippen molar-refractivity contribution >= 4 is 6.03 Å². The van der Waals surface area contributed by atoms with Gasteiger partial charge in [-0.25, -0.2) is 4.79 Å². The molecule has 0 rings (SSSR count). The Morgan fingerprint density at radius 3 is 1.29 bits per heavy atom. The summed E-state index contributed by atoms with van der Waals surface area (Å²) in [5.41, 5.74) is -6.33. The molecule has 0 saturated carbocycles. The van der Waals surface area contributed by atoms with E-state index in [1.165, 1.54) is 13.8 Å². The third-order valence-electron chi connectivity index (χ3n) is 2.62. The Balaban J connectivity index is 6.02. The van der Waals surface area contributed by atoms with Crippen LogP contribution in [0.1, 0.15) is 13.8 Å². The van der Waals surface area contributed by atoms with E-state index in [4.69, 9.17) is 0 Å². The van der Waals surface area contributed by atoms with Crippen molar-refractivity contribution in [3.63, 3.8) is 0 Å². The Bertz CT molecular complexity index is 331. The third-order valence-corrected chi connectivity index (χ3v) is 2.62. The summed E-state index contributed by atoms with van der Waals surface area (Å²) >= 11 is 0. The van der Waals surface area contributed by atoms with Crippen LogP contribution < -0.4 is 5.32 Å². The minimum Gasteiger partial charge on any atom is -0.325 e. The molecule has 0 fully saturated rings. The first-order chi connectivity index (χ1) is 9.15. The van der Waals surface area contributed by atoms with Crippen molar-refractivity contribution in [2.24, 2.45) is 0 Å². The maximum Gasteiger partial charge on any atom is 0.429 e. The Kier molecular flexibility index (Phi) is 5.42. The minimum atomic E-state index is -6.81. The fourth-order valence-corrected chi connectivity index (χ4v) is 1.45. The van der Waals surface area contributed by atoms with E-state index >= 15 is 0 Å². The van der Waals surface area contributed by atoms with Crippen LogP contribution in [-0.2, 0) is 0 Å². The molecule has 0 unspecified atom stereocenters. The number of halogens is 9. The third kappa shape index (κ3) is 3.46. The molecule has 0 spiro atoms. The van der Waals surface area contributed by atoms with Crippen molar-refractivity contribution in [2.45, 2.75) is 37.9 Å². The maximum absolute atomic E-state index is 12.5. The molecule has 0 aromatic rings. The zero-order valence-corrected chi connectivity index (χ0v) is 10.7. The SMILES string of the molecule is CCN(CC)C(=O)NC(C(F)(F)F)(C(F)(F)F)C(F)(F)F. The Morgan fingerprint density at radius 2 is 1.10 bits per heavy atom. The largest absolute Gasteiger partial charge is 0.429 e. The Morgan fingerprint density at radius 1 is 0.810 bits per heavy atom. The monoisotopic (exact) mass is 334 g/mol. The average molecular weight is 334 g/mol. The lowest BCUT2D eigenvalue weighted by atomic mass is 9.97. The van der Waals surface area contributed by atoms with Crippen LogP contribution in [0.4, 0.5) is 44.3 Å². The molecule has 21 heavy (non-hydrogen) atoms. The summed E-state index contributed by atoms with van der Waals surface area (Å²) in [7, 11) is 0. The number of alkyl halides is 9. The predicted molar refractivity (Wildman–Crippen MR) is 52.3 cm³/mol. The summed E-state index contributed by atoms with van der Waals surface area (Å²) in [5, 5.41) is 0.0643. The van der Waals surface area contributed by atoms with E-state index in [0.29, 0.717) is 4.90 Å². The van der Waals surface area contributed by atoms with E-state index in [1.807, 2.05) is 0 Å². The molecule has 0 aliphatic heterocycles. The van der Waals surface area contributed by atoms with Crippen LogP contribution in [0.5, 0.6) is 0 Å². The molecule has 0 aromatic carbocycles. The lowest BCUT2D eigenvalue weighted by Crippen LogP contribution is -2.76. The van der Waals surface area contributed by atoms with Gasteiger partial charge in [-0.05, 0) is 13.8 Å². The fraction of sp³-hybridized carbons (Fsp3) is 0.889. The highest BCUT2D eigenvalue weighted by molar-refractivity contribution is 5.75. The second-order valence-corrected chi connectivity index (χ2v) is 3.85. The van der Waals surface area contributed by atoms with E-state index < -0.39 is 30.1 Å². The standard InChI is InChI=1S/C9H11F9N2O/c1-3-20(4-2)5(21)19-6(7(10,11)12,8(13,14)15)9(16,17)18/h3-4H2,1-2H3,(H,19,21). The lowest BCUT2D eigenvalue weighted by molar-refractivity contribution is -0.386. The van der Waals surface area contributed by atoms with E-state index in [9.17, 15) is 44.3 Å². The molecular weight excluding hydrogens is 323 g/mol. The van der Waals surface area contributed by atoms with Gasteiger partial charge in [0.05, 0.1) is 0 Å². The van der Waals surface area contributed by atoms with Crippen LogP contribution >= 0.6 is 0 Å². The summed E-state index contributed by atoms with van der Waals surface area (Å²) in [4.78, 5) is 11.6. The van der Waals surface area contributed by atoms with Crippen LogP contribution in [0.15, 0.2) is 0 Å². The first-order valence-electron chi connectivity index (χ1n) is 5.43. The van der Waals surface area contributed by atoms with Crippen LogP contribution in [0.2, 0.25) is 0 Å². The van der Waals surface area contributed by atoms with E-state index in [-0.39, 0.29) is 18.4 Å². The van der Waals surface area contributed by atoms with Gasteiger partial charge in [-0.3, -0.25) is 0 Å². The first kappa shape index (κ1) is 19.6. The van der Waals surface area contributed by atoms with Gasteiger partial charge in [0, 0.05) is 13.1 Å². The zero-order valence-electron chi connectivity index (χ0n) is 10.7. The molecule has 0 bridgehead atoms. The smallest absolute Gasteiger partial charge is 0.325 e. The highest BCUT2D eigenvalue weighted by Gasteiger charge is 2.85.